The van der Waals surface area contributed by atoms with Gasteiger partial charge in [-0.05, 0) is 85.3 Å². The van der Waals surface area contributed by atoms with Gasteiger partial charge in [-0.2, -0.15) is 0 Å². The molecule has 3 aromatic rings. The normalized spacial score (nSPS) is 14.6. The largest absolute Gasteiger partial charge is 0.493 e. The molecule has 0 bridgehead atoms. The van der Waals surface area contributed by atoms with Crippen molar-refractivity contribution in [3.05, 3.63) is 89.8 Å². The van der Waals surface area contributed by atoms with E-state index in [-0.39, 0.29) is 12.2 Å². The van der Waals surface area contributed by atoms with E-state index in [1.165, 1.54) is 13.2 Å². The van der Waals surface area contributed by atoms with Gasteiger partial charge in [-0.25, -0.2) is 9.69 Å². The number of aryl methyl sites for hydroxylation is 1. The number of nitrogens with one attached hydrogen (secondary N) is 1. The fraction of sp³-hybridized carbons (Fsp3) is 0.148. The number of carbonyl (C=O) groups is 3. The third-order valence-corrected chi connectivity index (χ3v) is 8.64. The van der Waals surface area contributed by atoms with E-state index in [2.05, 4.69) is 37.2 Å². The minimum Gasteiger partial charge on any atom is -0.493 e. The van der Waals surface area contributed by atoms with Gasteiger partial charge in [0.2, 0.25) is 0 Å². The quantitative estimate of drug-likeness (QED) is 0.208. The van der Waals surface area contributed by atoms with E-state index in [1.54, 1.807) is 36.4 Å². The maximum Gasteiger partial charge on any atom is 0.335 e. The van der Waals surface area contributed by atoms with Gasteiger partial charge in [-0.1, -0.05) is 54.4 Å². The summed E-state index contributed by atoms with van der Waals surface area (Å²) in [5.74, 6) is -0.797. The second-order valence-electron chi connectivity index (χ2n) is 8.10. The van der Waals surface area contributed by atoms with Crippen LogP contribution in [0.2, 0.25) is 10.0 Å². The van der Waals surface area contributed by atoms with Crippen molar-refractivity contribution in [2.45, 2.75) is 20.0 Å². The number of amides is 4. The molecule has 0 spiro atoms. The number of imide groups is 2. The molecular formula is C27H20Br2Cl2N2O5. The number of urea groups is 1. The summed E-state index contributed by atoms with van der Waals surface area (Å²) in [4.78, 5) is 39.8. The Morgan fingerprint density at radius 1 is 1.00 bits per heavy atom. The summed E-state index contributed by atoms with van der Waals surface area (Å²) in [7, 11) is 1.47. The molecule has 4 rings (SSSR count). The summed E-state index contributed by atoms with van der Waals surface area (Å²) in [6.45, 7) is 2.09. The van der Waals surface area contributed by atoms with E-state index in [1.807, 2.05) is 19.1 Å². The van der Waals surface area contributed by atoms with E-state index in [0.717, 1.165) is 16.0 Å². The van der Waals surface area contributed by atoms with Crippen molar-refractivity contribution in [2.75, 3.05) is 12.0 Å². The van der Waals surface area contributed by atoms with Crippen LogP contribution in [0.1, 0.15) is 23.6 Å². The molecule has 11 heteroatoms. The van der Waals surface area contributed by atoms with Crippen LogP contribution in [0, 0.1) is 0 Å². The molecule has 1 N–H and O–H groups in total. The van der Waals surface area contributed by atoms with Crippen LogP contribution in [0.15, 0.2) is 63.0 Å². The van der Waals surface area contributed by atoms with Crippen molar-refractivity contribution < 1.29 is 23.9 Å². The van der Waals surface area contributed by atoms with E-state index < -0.39 is 17.8 Å². The number of hydrogen-bond acceptors (Lipinski definition) is 5. The monoisotopic (exact) mass is 680 g/mol. The number of nitrogens with zero attached hydrogens (tertiary/aromatic N) is 1. The van der Waals surface area contributed by atoms with Gasteiger partial charge in [0, 0.05) is 4.47 Å². The van der Waals surface area contributed by atoms with Gasteiger partial charge >= 0.3 is 6.03 Å². The zero-order chi connectivity index (χ0) is 27.6. The minimum atomic E-state index is -0.804. The highest BCUT2D eigenvalue weighted by Crippen LogP contribution is 2.44. The van der Waals surface area contributed by atoms with Crippen molar-refractivity contribution in [1.29, 1.82) is 0 Å². The maximum absolute atomic E-state index is 13.4. The first kappa shape index (κ1) is 28.2. The van der Waals surface area contributed by atoms with Gasteiger partial charge in [0.25, 0.3) is 11.8 Å². The van der Waals surface area contributed by atoms with Gasteiger partial charge in [0.15, 0.2) is 11.5 Å². The summed E-state index contributed by atoms with van der Waals surface area (Å²) < 4.78 is 12.5. The molecule has 3 aromatic carbocycles. The van der Waals surface area contributed by atoms with Crippen LogP contribution in [0.5, 0.6) is 11.5 Å². The molecule has 0 aliphatic carbocycles. The van der Waals surface area contributed by atoms with Crippen LogP contribution in [0.3, 0.4) is 0 Å². The number of benzene rings is 3. The first-order valence-electron chi connectivity index (χ1n) is 11.3. The molecule has 1 aliphatic heterocycles. The van der Waals surface area contributed by atoms with Crippen molar-refractivity contribution in [3.63, 3.8) is 0 Å². The molecule has 1 heterocycles. The average Bonchev–Trinajstić information content (AvgIpc) is 2.90. The van der Waals surface area contributed by atoms with E-state index >= 15 is 0 Å². The third kappa shape index (κ3) is 5.61. The Bertz CT molecular complexity index is 1490. The van der Waals surface area contributed by atoms with Crippen molar-refractivity contribution in [1.82, 2.24) is 5.32 Å². The topological polar surface area (TPSA) is 84.9 Å². The smallest absolute Gasteiger partial charge is 0.335 e. The van der Waals surface area contributed by atoms with Crippen LogP contribution in [-0.4, -0.2) is 25.0 Å². The second kappa shape index (κ2) is 11.9. The highest BCUT2D eigenvalue weighted by atomic mass is 79.9. The molecular weight excluding hydrogens is 663 g/mol. The number of anilines is 1. The Balaban J connectivity index is 1.70. The fourth-order valence-corrected chi connectivity index (χ4v) is 5.11. The van der Waals surface area contributed by atoms with E-state index in [0.29, 0.717) is 48.2 Å². The standard InChI is InChI=1S/C27H20Br2Cl2N2O5/c1-3-15-6-4-5-7-20(15)33-26(35)17(25(34)32-27(33)36)11-16-12-21(37-2)24(23(29)22(16)28)38-13-14-8-9-18(30)19(31)10-14/h4-12H,3,13H2,1-2H3,(H,32,34,36)/b17-11+. The number of ether oxygens (including phenoxy) is 2. The van der Waals surface area contributed by atoms with Crippen LogP contribution < -0.4 is 19.7 Å². The number of barbiturate groups is 1. The highest BCUT2D eigenvalue weighted by molar-refractivity contribution is 9.13. The van der Waals surface area contributed by atoms with Crippen LogP contribution in [-0.2, 0) is 22.6 Å². The lowest BCUT2D eigenvalue weighted by Gasteiger charge is -2.28. The zero-order valence-corrected chi connectivity index (χ0v) is 24.8. The lowest BCUT2D eigenvalue weighted by Crippen LogP contribution is -2.54. The molecule has 7 nitrogen and oxygen atoms in total. The van der Waals surface area contributed by atoms with Crippen LogP contribution in [0.4, 0.5) is 10.5 Å². The lowest BCUT2D eigenvalue weighted by molar-refractivity contribution is -0.122. The van der Waals surface area contributed by atoms with Crippen LogP contribution >= 0.6 is 55.1 Å². The number of para-hydroxylation sites is 1. The first-order chi connectivity index (χ1) is 18.2. The third-order valence-electron chi connectivity index (χ3n) is 5.76. The highest BCUT2D eigenvalue weighted by Gasteiger charge is 2.37. The fourth-order valence-electron chi connectivity index (χ4n) is 3.84. The summed E-state index contributed by atoms with van der Waals surface area (Å²) in [5.41, 5.74) is 2.23. The lowest BCUT2D eigenvalue weighted by atomic mass is 10.0. The maximum atomic E-state index is 13.4. The number of methoxy groups -OCH3 is 1. The number of rotatable bonds is 7. The molecule has 1 fully saturated rings. The molecule has 196 valence electrons. The van der Waals surface area contributed by atoms with Crippen molar-refractivity contribution in [3.8, 4) is 11.5 Å². The molecule has 0 saturated carbocycles. The van der Waals surface area contributed by atoms with Gasteiger partial charge in [-0.15, -0.1) is 0 Å². The van der Waals surface area contributed by atoms with E-state index in [4.69, 9.17) is 32.7 Å². The summed E-state index contributed by atoms with van der Waals surface area (Å²) in [6.07, 6.45) is 1.99. The molecule has 0 unspecified atom stereocenters. The average molecular weight is 683 g/mol. The number of hydrogen-bond donors (Lipinski definition) is 1. The molecule has 4 amide bonds. The Hall–Kier alpha value is -2.85. The van der Waals surface area contributed by atoms with Gasteiger partial charge in [0.1, 0.15) is 12.2 Å². The molecule has 38 heavy (non-hydrogen) atoms. The Labute approximate surface area is 245 Å². The molecule has 1 saturated heterocycles. The molecule has 1 aliphatic rings. The second-order valence-corrected chi connectivity index (χ2v) is 10.5. The predicted molar refractivity (Wildman–Crippen MR) is 154 cm³/mol. The zero-order valence-electron chi connectivity index (χ0n) is 20.1. The summed E-state index contributed by atoms with van der Waals surface area (Å²) in [5, 5.41) is 3.10. The summed E-state index contributed by atoms with van der Waals surface area (Å²) in [6, 6.07) is 13.0. The summed E-state index contributed by atoms with van der Waals surface area (Å²) >= 11 is 19.1. The molecule has 0 atom stereocenters. The van der Waals surface area contributed by atoms with Crippen molar-refractivity contribution >= 4 is 84.7 Å². The predicted octanol–water partition coefficient (Wildman–Crippen LogP) is 7.33. The SMILES string of the molecule is CCc1ccccc1N1C(=O)NC(=O)/C(=C\c2cc(OC)c(OCc3ccc(Cl)c(Cl)c3)c(Br)c2Br)C1=O. The number of halogens is 4. The molecule has 0 aromatic heterocycles. The van der Waals surface area contributed by atoms with E-state index in [9.17, 15) is 14.4 Å². The molecule has 0 radical (unpaired) electrons. The van der Waals surface area contributed by atoms with Gasteiger partial charge in [-0.3, -0.25) is 14.9 Å². The Morgan fingerprint density at radius 3 is 2.42 bits per heavy atom. The van der Waals surface area contributed by atoms with Gasteiger partial charge < -0.3 is 9.47 Å². The van der Waals surface area contributed by atoms with Gasteiger partial charge in [0.05, 0.1) is 27.3 Å². The Morgan fingerprint density at radius 2 is 1.74 bits per heavy atom. The van der Waals surface area contributed by atoms with Crippen molar-refractivity contribution in [2.24, 2.45) is 0 Å². The minimum absolute atomic E-state index is 0.174. The number of carbonyl (C=O) groups excluding carboxylic acids is 3. The van der Waals surface area contributed by atoms with Crippen LogP contribution in [0.25, 0.3) is 6.08 Å². The first-order valence-corrected chi connectivity index (χ1v) is 13.6. The Kier molecular flexibility index (Phi) is 8.82.